The van der Waals surface area contributed by atoms with Crippen molar-refractivity contribution in [2.75, 3.05) is 24.8 Å². The first-order chi connectivity index (χ1) is 15.4. The summed E-state index contributed by atoms with van der Waals surface area (Å²) in [7, 11) is 1.33. The van der Waals surface area contributed by atoms with E-state index < -0.39 is 5.97 Å². The zero-order valence-corrected chi connectivity index (χ0v) is 20.4. The first kappa shape index (κ1) is 23.8. The first-order valence-electron chi connectivity index (χ1n) is 10.2. The fraction of sp³-hybridized carbons (Fsp3) is 0.364. The van der Waals surface area contributed by atoms with E-state index in [1.54, 1.807) is 0 Å². The van der Waals surface area contributed by atoms with Crippen molar-refractivity contribution in [1.29, 1.82) is 0 Å². The lowest BCUT2D eigenvalue weighted by atomic mass is 10.1. The Bertz CT molecular complexity index is 1120. The van der Waals surface area contributed by atoms with Gasteiger partial charge in [-0.15, -0.1) is 21.5 Å². The van der Waals surface area contributed by atoms with Gasteiger partial charge in [0.25, 0.3) is 0 Å². The highest BCUT2D eigenvalue weighted by Crippen LogP contribution is 2.34. The minimum absolute atomic E-state index is 0.127. The van der Waals surface area contributed by atoms with Gasteiger partial charge in [-0.25, -0.2) is 4.79 Å². The maximum atomic E-state index is 12.6. The molecule has 8 nitrogen and oxygen atoms in total. The normalized spacial score (nSPS) is 10.8. The number of nitrogens with one attached hydrogen (secondary N) is 1. The number of thiophene rings is 1. The second kappa shape index (κ2) is 10.6. The topological polar surface area (TPSA) is 95.3 Å². The van der Waals surface area contributed by atoms with E-state index in [9.17, 15) is 9.59 Å². The summed E-state index contributed by atoms with van der Waals surface area (Å²) in [6.07, 6.45) is 0. The van der Waals surface area contributed by atoms with E-state index in [-0.39, 0.29) is 11.7 Å². The molecular formula is C22H26N4O4S2. The number of thioether (sulfide) groups is 1. The third kappa shape index (κ3) is 4.97. The second-order valence-corrected chi connectivity index (χ2v) is 8.96. The highest BCUT2D eigenvalue weighted by Gasteiger charge is 2.22. The molecule has 0 aliphatic heterocycles. The Morgan fingerprint density at radius 2 is 1.94 bits per heavy atom. The van der Waals surface area contributed by atoms with Crippen molar-refractivity contribution in [3.63, 3.8) is 0 Å². The van der Waals surface area contributed by atoms with E-state index in [2.05, 4.69) is 15.5 Å². The summed E-state index contributed by atoms with van der Waals surface area (Å²) in [5, 5.41) is 12.6. The molecule has 0 aliphatic carbocycles. The summed E-state index contributed by atoms with van der Waals surface area (Å²) < 4.78 is 12.5. The lowest BCUT2D eigenvalue weighted by molar-refractivity contribution is -0.113. The molecule has 0 aliphatic rings. The predicted octanol–water partition coefficient (Wildman–Crippen LogP) is 4.56. The van der Waals surface area contributed by atoms with Crippen molar-refractivity contribution in [1.82, 2.24) is 14.8 Å². The molecule has 0 spiro atoms. The Labute approximate surface area is 195 Å². The van der Waals surface area contributed by atoms with Gasteiger partial charge in [-0.3, -0.25) is 4.79 Å². The standard InChI is InChI=1S/C22H26N4O4S2/c1-6-26-19(15-10-8-9-11-16(15)30-7-2)24-25-22(26)31-12-17(27)23-20-18(21(28)29-5)13(3)14(4)32-20/h8-11H,6-7,12H2,1-5H3,(H,23,27). The molecule has 0 bridgehead atoms. The fourth-order valence-corrected chi connectivity index (χ4v) is 5.04. The van der Waals surface area contributed by atoms with E-state index in [1.807, 2.05) is 56.5 Å². The van der Waals surface area contributed by atoms with Crippen molar-refractivity contribution in [2.24, 2.45) is 0 Å². The number of rotatable bonds is 9. The highest BCUT2D eigenvalue weighted by molar-refractivity contribution is 7.99. The van der Waals surface area contributed by atoms with Gasteiger partial charge in [0.2, 0.25) is 5.91 Å². The van der Waals surface area contributed by atoms with E-state index in [0.29, 0.717) is 34.7 Å². The molecule has 3 aromatic rings. The fourth-order valence-electron chi connectivity index (χ4n) is 3.17. The number of amides is 1. The molecule has 1 aromatic carbocycles. The monoisotopic (exact) mass is 474 g/mol. The van der Waals surface area contributed by atoms with Crippen molar-refractivity contribution >= 4 is 40.0 Å². The van der Waals surface area contributed by atoms with E-state index >= 15 is 0 Å². The Morgan fingerprint density at radius 3 is 2.62 bits per heavy atom. The third-order valence-corrected chi connectivity index (χ3v) is 6.91. The van der Waals surface area contributed by atoms with Gasteiger partial charge >= 0.3 is 5.97 Å². The lowest BCUT2D eigenvalue weighted by Crippen LogP contribution is -2.16. The van der Waals surface area contributed by atoms with Crippen molar-refractivity contribution in [3.05, 3.63) is 40.3 Å². The number of aryl methyl sites for hydroxylation is 1. The quantitative estimate of drug-likeness (QED) is 0.359. The van der Waals surface area contributed by atoms with Crippen LogP contribution in [0.25, 0.3) is 11.4 Å². The molecule has 10 heteroatoms. The van der Waals surface area contributed by atoms with Gasteiger partial charge in [-0.1, -0.05) is 23.9 Å². The van der Waals surface area contributed by atoms with Crippen LogP contribution in [0, 0.1) is 13.8 Å². The summed E-state index contributed by atoms with van der Waals surface area (Å²) in [4.78, 5) is 25.7. The highest BCUT2D eigenvalue weighted by atomic mass is 32.2. The molecule has 0 radical (unpaired) electrons. The van der Waals surface area contributed by atoms with Gasteiger partial charge < -0.3 is 19.4 Å². The third-order valence-electron chi connectivity index (χ3n) is 4.82. The molecule has 2 heterocycles. The zero-order chi connectivity index (χ0) is 23.3. The summed E-state index contributed by atoms with van der Waals surface area (Å²) in [5.41, 5.74) is 2.07. The average molecular weight is 475 g/mol. The molecule has 0 fully saturated rings. The van der Waals surface area contributed by atoms with E-state index in [1.165, 1.54) is 30.2 Å². The summed E-state index contributed by atoms with van der Waals surface area (Å²) in [5.74, 6) is 0.866. The summed E-state index contributed by atoms with van der Waals surface area (Å²) in [6.45, 7) is 8.87. The van der Waals surface area contributed by atoms with E-state index in [4.69, 9.17) is 9.47 Å². The van der Waals surface area contributed by atoms with Crippen LogP contribution in [0.15, 0.2) is 29.4 Å². The van der Waals surface area contributed by atoms with Crippen LogP contribution in [0.3, 0.4) is 0 Å². The number of benzene rings is 1. The SMILES string of the molecule is CCOc1ccccc1-c1nnc(SCC(=O)Nc2sc(C)c(C)c2C(=O)OC)n1CC. The van der Waals surface area contributed by atoms with Gasteiger partial charge in [0.05, 0.1) is 30.6 Å². The average Bonchev–Trinajstić information content (AvgIpc) is 3.32. The number of carbonyl (C=O) groups is 2. The second-order valence-electron chi connectivity index (χ2n) is 6.80. The molecule has 0 saturated carbocycles. The van der Waals surface area contributed by atoms with Gasteiger partial charge in [0.15, 0.2) is 11.0 Å². The van der Waals surface area contributed by atoms with Crippen LogP contribution in [0.5, 0.6) is 5.75 Å². The number of esters is 1. The Hall–Kier alpha value is -2.85. The minimum Gasteiger partial charge on any atom is -0.493 e. The van der Waals surface area contributed by atoms with Gasteiger partial charge in [0, 0.05) is 11.4 Å². The van der Waals surface area contributed by atoms with Crippen LogP contribution in [0.1, 0.15) is 34.6 Å². The number of anilines is 1. The number of hydrogen-bond acceptors (Lipinski definition) is 8. The smallest absolute Gasteiger partial charge is 0.341 e. The Morgan fingerprint density at radius 1 is 1.19 bits per heavy atom. The van der Waals surface area contributed by atoms with Crippen LogP contribution in [-0.4, -0.2) is 46.1 Å². The van der Waals surface area contributed by atoms with Crippen LogP contribution >= 0.6 is 23.1 Å². The van der Waals surface area contributed by atoms with E-state index in [0.717, 1.165) is 21.8 Å². The molecule has 170 valence electrons. The number of carbonyl (C=O) groups excluding carboxylic acids is 2. The van der Waals surface area contributed by atoms with Gasteiger partial charge in [-0.05, 0) is 45.4 Å². The van der Waals surface area contributed by atoms with Gasteiger partial charge in [0.1, 0.15) is 10.8 Å². The molecule has 0 unspecified atom stereocenters. The molecule has 32 heavy (non-hydrogen) atoms. The number of aromatic nitrogens is 3. The molecule has 1 N–H and O–H groups in total. The van der Waals surface area contributed by atoms with Crippen LogP contribution in [-0.2, 0) is 16.1 Å². The zero-order valence-electron chi connectivity index (χ0n) is 18.7. The maximum Gasteiger partial charge on any atom is 0.341 e. The van der Waals surface area contributed by atoms with Crippen LogP contribution in [0.4, 0.5) is 5.00 Å². The van der Waals surface area contributed by atoms with Gasteiger partial charge in [-0.2, -0.15) is 0 Å². The largest absolute Gasteiger partial charge is 0.493 e. The predicted molar refractivity (Wildman–Crippen MR) is 127 cm³/mol. The van der Waals surface area contributed by atoms with Crippen molar-refractivity contribution in [2.45, 2.75) is 39.4 Å². The van der Waals surface area contributed by atoms with Crippen molar-refractivity contribution in [3.8, 4) is 17.1 Å². The Balaban J connectivity index is 1.76. The van der Waals surface area contributed by atoms with Crippen LogP contribution in [0.2, 0.25) is 0 Å². The lowest BCUT2D eigenvalue weighted by Gasteiger charge is -2.11. The molecule has 0 saturated heterocycles. The molecular weight excluding hydrogens is 448 g/mol. The number of nitrogens with zero attached hydrogens (tertiary/aromatic N) is 3. The van der Waals surface area contributed by atoms with Crippen LogP contribution < -0.4 is 10.1 Å². The molecule has 3 rings (SSSR count). The molecule has 1 amide bonds. The first-order valence-corrected chi connectivity index (χ1v) is 12.0. The molecule has 2 aromatic heterocycles. The Kier molecular flexibility index (Phi) is 7.92. The summed E-state index contributed by atoms with van der Waals surface area (Å²) >= 11 is 2.65. The minimum atomic E-state index is -0.460. The number of para-hydroxylation sites is 1. The molecule has 0 atom stereocenters. The maximum absolute atomic E-state index is 12.6. The number of hydrogen-bond donors (Lipinski definition) is 1. The number of methoxy groups -OCH3 is 1. The summed E-state index contributed by atoms with van der Waals surface area (Å²) in [6, 6.07) is 7.68. The number of ether oxygens (including phenoxy) is 2. The van der Waals surface area contributed by atoms with Crippen molar-refractivity contribution < 1.29 is 19.1 Å².